The Bertz CT molecular complexity index is 848. The average molecular weight is 327 g/mol. The van der Waals surface area contributed by atoms with Crippen LogP contribution in [0.25, 0.3) is 0 Å². The molecule has 0 bridgehead atoms. The van der Waals surface area contributed by atoms with Crippen molar-refractivity contribution in [1.29, 1.82) is 0 Å². The Kier molecular flexibility index (Phi) is 3.89. The lowest BCUT2D eigenvalue weighted by Gasteiger charge is -2.30. The lowest BCUT2D eigenvalue weighted by Crippen LogP contribution is -2.32. The van der Waals surface area contributed by atoms with Gasteiger partial charge in [0.25, 0.3) is 0 Å². The number of benzene rings is 3. The van der Waals surface area contributed by atoms with Gasteiger partial charge in [0.15, 0.2) is 5.60 Å². The van der Waals surface area contributed by atoms with Crippen molar-refractivity contribution in [3.63, 3.8) is 0 Å². The van der Waals surface area contributed by atoms with Crippen molar-refractivity contribution in [3.05, 3.63) is 107 Å². The number of aliphatic imine (C=N–C) groups is 1. The fourth-order valence-electron chi connectivity index (χ4n) is 3.26. The molecule has 2 nitrogen and oxygen atoms in total. The molecule has 1 heterocycles. The van der Waals surface area contributed by atoms with Crippen LogP contribution in [0.15, 0.2) is 83.9 Å². The highest BCUT2D eigenvalue weighted by Gasteiger charge is 2.42. The number of ether oxygens (including phenoxy) is 1. The number of rotatable bonds is 3. The van der Waals surface area contributed by atoms with Crippen LogP contribution in [0, 0.1) is 13.8 Å². The molecule has 0 aliphatic carbocycles. The van der Waals surface area contributed by atoms with Crippen LogP contribution in [0.5, 0.6) is 0 Å². The molecule has 0 N–H and O–H groups in total. The smallest absolute Gasteiger partial charge is 0.217 e. The van der Waals surface area contributed by atoms with E-state index in [1.54, 1.807) is 0 Å². The molecule has 0 aromatic heterocycles. The average Bonchev–Trinajstić information content (AvgIpc) is 3.10. The minimum atomic E-state index is -0.563. The zero-order valence-electron chi connectivity index (χ0n) is 14.6. The van der Waals surface area contributed by atoms with Crippen LogP contribution in [0.3, 0.4) is 0 Å². The summed E-state index contributed by atoms with van der Waals surface area (Å²) >= 11 is 0. The second kappa shape index (κ2) is 6.21. The maximum atomic E-state index is 6.54. The van der Waals surface area contributed by atoms with Gasteiger partial charge in [-0.25, -0.2) is 4.99 Å². The molecular weight excluding hydrogens is 306 g/mol. The zero-order valence-corrected chi connectivity index (χ0v) is 14.6. The summed E-state index contributed by atoms with van der Waals surface area (Å²) < 4.78 is 6.54. The van der Waals surface area contributed by atoms with Crippen LogP contribution >= 0.6 is 0 Å². The summed E-state index contributed by atoms with van der Waals surface area (Å²) in [7, 11) is 0. The molecule has 3 aromatic rings. The number of nitrogens with zero attached hydrogens (tertiary/aromatic N) is 1. The molecule has 0 saturated heterocycles. The fourth-order valence-corrected chi connectivity index (χ4v) is 3.26. The number of hydrogen-bond donors (Lipinski definition) is 0. The molecule has 0 spiro atoms. The zero-order chi connectivity index (χ0) is 17.3. The Balaban J connectivity index is 1.79. The van der Waals surface area contributed by atoms with E-state index in [2.05, 4.69) is 62.4 Å². The predicted octanol–water partition coefficient (Wildman–Crippen LogP) is 5.02. The molecule has 0 amide bonds. The highest BCUT2D eigenvalue weighted by molar-refractivity contribution is 5.95. The van der Waals surface area contributed by atoms with Gasteiger partial charge in [-0.15, -0.1) is 0 Å². The van der Waals surface area contributed by atoms with Gasteiger partial charge in [0.05, 0.1) is 6.54 Å². The quantitative estimate of drug-likeness (QED) is 0.661. The van der Waals surface area contributed by atoms with Crippen molar-refractivity contribution in [2.75, 3.05) is 6.54 Å². The third-order valence-electron chi connectivity index (χ3n) is 4.77. The van der Waals surface area contributed by atoms with E-state index in [1.807, 2.05) is 30.3 Å². The van der Waals surface area contributed by atoms with Gasteiger partial charge in [-0.3, -0.25) is 0 Å². The van der Waals surface area contributed by atoms with Crippen molar-refractivity contribution >= 4 is 5.90 Å². The summed E-state index contributed by atoms with van der Waals surface area (Å²) in [4.78, 5) is 4.75. The van der Waals surface area contributed by atoms with E-state index < -0.39 is 5.60 Å². The summed E-state index contributed by atoms with van der Waals surface area (Å²) in [6.07, 6.45) is 0. The summed E-state index contributed by atoms with van der Waals surface area (Å²) in [6, 6.07) is 27.3. The molecule has 0 atom stereocenters. The molecular formula is C23H21NO. The maximum Gasteiger partial charge on any atom is 0.217 e. The maximum absolute atomic E-state index is 6.54. The van der Waals surface area contributed by atoms with E-state index >= 15 is 0 Å². The Hall–Kier alpha value is -2.87. The molecule has 0 saturated carbocycles. The molecule has 124 valence electrons. The van der Waals surface area contributed by atoms with Gasteiger partial charge in [-0.2, -0.15) is 0 Å². The molecule has 4 rings (SSSR count). The Morgan fingerprint density at radius 3 is 1.76 bits per heavy atom. The molecule has 25 heavy (non-hydrogen) atoms. The van der Waals surface area contributed by atoms with E-state index in [1.165, 1.54) is 11.1 Å². The molecule has 1 aliphatic rings. The van der Waals surface area contributed by atoms with Crippen LogP contribution in [0.1, 0.15) is 27.8 Å². The van der Waals surface area contributed by atoms with Crippen molar-refractivity contribution < 1.29 is 4.74 Å². The molecule has 2 heteroatoms. The van der Waals surface area contributed by atoms with Crippen LogP contribution in [-0.4, -0.2) is 12.4 Å². The largest absolute Gasteiger partial charge is 0.459 e. The Morgan fingerprint density at radius 1 is 0.720 bits per heavy atom. The molecule has 0 unspecified atom stereocenters. The van der Waals surface area contributed by atoms with Gasteiger partial charge in [-0.05, 0) is 26.0 Å². The third-order valence-corrected chi connectivity index (χ3v) is 4.77. The second-order valence-electron chi connectivity index (χ2n) is 6.65. The SMILES string of the molecule is Cc1ccc(C2(c3ccc(C)cc3)CN=C(c3ccccc3)O2)cc1. The first-order valence-corrected chi connectivity index (χ1v) is 8.61. The van der Waals surface area contributed by atoms with Crippen molar-refractivity contribution in [3.8, 4) is 0 Å². The van der Waals surface area contributed by atoms with Crippen LogP contribution in [0.2, 0.25) is 0 Å². The minimum Gasteiger partial charge on any atom is -0.459 e. The number of aryl methyl sites for hydroxylation is 2. The molecule has 3 aromatic carbocycles. The van der Waals surface area contributed by atoms with E-state index in [-0.39, 0.29) is 0 Å². The highest BCUT2D eigenvalue weighted by Crippen LogP contribution is 2.39. The standard InChI is InChI=1S/C23H21NO/c1-17-8-12-20(13-9-17)23(21-14-10-18(2)11-15-21)16-24-22(25-23)19-6-4-3-5-7-19/h3-15H,16H2,1-2H3. The first-order valence-electron chi connectivity index (χ1n) is 8.61. The molecule has 1 aliphatic heterocycles. The first kappa shape index (κ1) is 15.6. The van der Waals surface area contributed by atoms with Crippen molar-refractivity contribution in [2.24, 2.45) is 4.99 Å². The summed E-state index contributed by atoms with van der Waals surface area (Å²) in [6.45, 7) is 4.79. The van der Waals surface area contributed by atoms with E-state index in [0.29, 0.717) is 12.4 Å². The van der Waals surface area contributed by atoms with E-state index in [9.17, 15) is 0 Å². The topological polar surface area (TPSA) is 21.6 Å². The van der Waals surface area contributed by atoms with E-state index in [4.69, 9.17) is 9.73 Å². The van der Waals surface area contributed by atoms with Gasteiger partial charge < -0.3 is 4.74 Å². The van der Waals surface area contributed by atoms with Gasteiger partial charge in [0, 0.05) is 16.7 Å². The third kappa shape index (κ3) is 2.85. The van der Waals surface area contributed by atoms with Gasteiger partial charge in [-0.1, -0.05) is 77.9 Å². The lowest BCUT2D eigenvalue weighted by molar-refractivity contribution is 0.132. The van der Waals surface area contributed by atoms with Crippen molar-refractivity contribution in [1.82, 2.24) is 0 Å². The minimum absolute atomic E-state index is 0.563. The van der Waals surface area contributed by atoms with Crippen molar-refractivity contribution in [2.45, 2.75) is 19.4 Å². The predicted molar refractivity (Wildman–Crippen MR) is 102 cm³/mol. The lowest BCUT2D eigenvalue weighted by atomic mass is 9.85. The first-order chi connectivity index (χ1) is 12.2. The Labute approximate surface area is 148 Å². The monoisotopic (exact) mass is 327 g/mol. The normalized spacial score (nSPS) is 15.5. The summed E-state index contributed by atoms with van der Waals surface area (Å²) in [5.41, 5.74) is 5.21. The molecule has 0 fully saturated rings. The van der Waals surface area contributed by atoms with Crippen LogP contribution < -0.4 is 0 Å². The summed E-state index contributed by atoms with van der Waals surface area (Å²) in [5.74, 6) is 0.710. The highest BCUT2D eigenvalue weighted by atomic mass is 16.5. The second-order valence-corrected chi connectivity index (χ2v) is 6.65. The van der Waals surface area contributed by atoms with Crippen LogP contribution in [-0.2, 0) is 10.3 Å². The van der Waals surface area contributed by atoms with Gasteiger partial charge >= 0.3 is 0 Å². The molecule has 0 radical (unpaired) electrons. The van der Waals surface area contributed by atoms with Crippen LogP contribution in [0.4, 0.5) is 0 Å². The fraction of sp³-hybridized carbons (Fsp3) is 0.174. The summed E-state index contributed by atoms with van der Waals surface area (Å²) in [5, 5.41) is 0. The van der Waals surface area contributed by atoms with Gasteiger partial charge in [0.1, 0.15) is 0 Å². The van der Waals surface area contributed by atoms with Gasteiger partial charge in [0.2, 0.25) is 5.90 Å². The Morgan fingerprint density at radius 2 is 1.24 bits per heavy atom. The van der Waals surface area contributed by atoms with E-state index in [0.717, 1.165) is 16.7 Å². The number of hydrogen-bond acceptors (Lipinski definition) is 2.